The smallest absolute Gasteiger partial charge is 0.341 e. The number of aromatic nitrogens is 2. The summed E-state index contributed by atoms with van der Waals surface area (Å²) in [6, 6.07) is 9.66. The summed E-state index contributed by atoms with van der Waals surface area (Å²) in [6.07, 6.45) is 3.60. The quantitative estimate of drug-likeness (QED) is 0.639. The fourth-order valence-corrected chi connectivity index (χ4v) is 2.75. The van der Waals surface area contributed by atoms with Crippen molar-refractivity contribution in [2.24, 2.45) is 0 Å². The van der Waals surface area contributed by atoms with Crippen molar-refractivity contribution in [2.75, 3.05) is 13.1 Å². The number of carbonyl (C=O) groups is 2. The second kappa shape index (κ2) is 6.64. The van der Waals surface area contributed by atoms with Crippen molar-refractivity contribution in [3.8, 4) is 5.69 Å². The Morgan fingerprint density at radius 2 is 1.96 bits per heavy atom. The van der Waals surface area contributed by atoms with Crippen molar-refractivity contribution >= 4 is 12.4 Å². The Bertz CT molecular complexity index is 688. The molecule has 1 aliphatic rings. The number of benzene rings is 1. The highest BCUT2D eigenvalue weighted by Gasteiger charge is 2.24. The first-order chi connectivity index (χ1) is 11.2. The summed E-state index contributed by atoms with van der Waals surface area (Å²) in [4.78, 5) is 24.8. The fraction of sp³-hybridized carbons (Fsp3) is 0.353. The SMILES string of the molecule is Cc1c(C(=O)OC2CCN(C=O)CC2)cnn1-c1ccccc1. The average molecular weight is 313 g/mol. The number of carbonyl (C=O) groups excluding carboxylic acids is 2. The summed E-state index contributed by atoms with van der Waals surface area (Å²) in [5, 5.41) is 4.29. The molecule has 1 aromatic carbocycles. The first-order valence-corrected chi connectivity index (χ1v) is 7.69. The maximum atomic E-state index is 12.4. The van der Waals surface area contributed by atoms with E-state index in [0.717, 1.165) is 17.8 Å². The van der Waals surface area contributed by atoms with Gasteiger partial charge in [-0.1, -0.05) is 18.2 Å². The fourth-order valence-electron chi connectivity index (χ4n) is 2.75. The second-order valence-corrected chi connectivity index (χ2v) is 5.64. The number of hydrogen-bond donors (Lipinski definition) is 0. The Kier molecular flexibility index (Phi) is 4.41. The standard InChI is InChI=1S/C17H19N3O3/c1-13-16(11-18-20(13)14-5-3-2-4-6-14)17(22)23-15-7-9-19(12-21)10-8-15/h2-6,11-12,15H,7-10H2,1H3. The van der Waals surface area contributed by atoms with Gasteiger partial charge in [-0.25, -0.2) is 9.48 Å². The number of para-hydroxylation sites is 1. The van der Waals surface area contributed by atoms with Crippen molar-refractivity contribution in [3.63, 3.8) is 0 Å². The average Bonchev–Trinajstić information content (AvgIpc) is 2.98. The van der Waals surface area contributed by atoms with Crippen LogP contribution in [0, 0.1) is 6.92 Å². The van der Waals surface area contributed by atoms with Gasteiger partial charge in [-0.15, -0.1) is 0 Å². The van der Waals surface area contributed by atoms with E-state index in [1.807, 2.05) is 37.3 Å². The topological polar surface area (TPSA) is 64.4 Å². The van der Waals surface area contributed by atoms with E-state index in [4.69, 9.17) is 4.74 Å². The minimum atomic E-state index is -0.353. The highest BCUT2D eigenvalue weighted by Crippen LogP contribution is 2.18. The number of hydrogen-bond acceptors (Lipinski definition) is 4. The molecule has 23 heavy (non-hydrogen) atoms. The van der Waals surface area contributed by atoms with Crippen LogP contribution in [0.4, 0.5) is 0 Å². The lowest BCUT2D eigenvalue weighted by atomic mass is 10.1. The molecule has 6 heteroatoms. The van der Waals surface area contributed by atoms with E-state index in [-0.39, 0.29) is 12.1 Å². The van der Waals surface area contributed by atoms with E-state index < -0.39 is 0 Å². The summed E-state index contributed by atoms with van der Waals surface area (Å²) in [5.41, 5.74) is 2.14. The zero-order valence-electron chi connectivity index (χ0n) is 13.0. The molecule has 0 aliphatic carbocycles. The maximum Gasteiger partial charge on any atom is 0.341 e. The third-order valence-electron chi connectivity index (χ3n) is 4.13. The minimum Gasteiger partial charge on any atom is -0.459 e. The molecule has 120 valence electrons. The molecule has 1 saturated heterocycles. The van der Waals surface area contributed by atoms with Gasteiger partial charge in [-0.3, -0.25) is 4.79 Å². The summed E-state index contributed by atoms with van der Waals surface area (Å²) in [7, 11) is 0. The molecule has 1 fully saturated rings. The monoisotopic (exact) mass is 313 g/mol. The van der Waals surface area contributed by atoms with Crippen LogP contribution in [0.5, 0.6) is 0 Å². The van der Waals surface area contributed by atoms with Crippen molar-refractivity contribution < 1.29 is 14.3 Å². The molecule has 0 atom stereocenters. The third kappa shape index (κ3) is 3.26. The van der Waals surface area contributed by atoms with Gasteiger partial charge in [0.2, 0.25) is 6.41 Å². The lowest BCUT2D eigenvalue weighted by molar-refractivity contribution is -0.120. The van der Waals surface area contributed by atoms with Crippen molar-refractivity contribution in [1.29, 1.82) is 0 Å². The van der Waals surface area contributed by atoms with Gasteiger partial charge in [0.15, 0.2) is 0 Å². The van der Waals surface area contributed by atoms with Crippen LogP contribution in [-0.2, 0) is 9.53 Å². The number of amides is 1. The van der Waals surface area contributed by atoms with E-state index >= 15 is 0 Å². The van der Waals surface area contributed by atoms with Gasteiger partial charge >= 0.3 is 5.97 Å². The van der Waals surface area contributed by atoms with Gasteiger partial charge in [-0.05, 0) is 19.1 Å². The van der Waals surface area contributed by atoms with E-state index in [1.165, 1.54) is 0 Å². The molecule has 3 rings (SSSR count). The Morgan fingerprint density at radius 3 is 2.61 bits per heavy atom. The molecule has 0 unspecified atom stereocenters. The van der Waals surface area contributed by atoms with E-state index in [1.54, 1.807) is 15.8 Å². The number of nitrogens with zero attached hydrogens (tertiary/aromatic N) is 3. The molecule has 1 aromatic heterocycles. The number of esters is 1. The number of ether oxygens (including phenoxy) is 1. The summed E-state index contributed by atoms with van der Waals surface area (Å²) < 4.78 is 7.29. The first kappa shape index (κ1) is 15.3. The van der Waals surface area contributed by atoms with Crippen LogP contribution in [0.3, 0.4) is 0 Å². The Morgan fingerprint density at radius 1 is 1.26 bits per heavy atom. The van der Waals surface area contributed by atoms with Crippen LogP contribution in [0.25, 0.3) is 5.69 Å². The van der Waals surface area contributed by atoms with E-state index in [2.05, 4.69) is 5.10 Å². The Hall–Kier alpha value is -2.63. The number of piperidine rings is 1. The van der Waals surface area contributed by atoms with Crippen LogP contribution in [0.1, 0.15) is 28.9 Å². The second-order valence-electron chi connectivity index (χ2n) is 5.64. The largest absolute Gasteiger partial charge is 0.459 e. The number of rotatable bonds is 4. The van der Waals surface area contributed by atoms with Crippen LogP contribution >= 0.6 is 0 Å². The van der Waals surface area contributed by atoms with E-state index in [0.29, 0.717) is 31.5 Å². The molecule has 1 amide bonds. The molecule has 6 nitrogen and oxygen atoms in total. The minimum absolute atomic E-state index is 0.141. The highest BCUT2D eigenvalue weighted by atomic mass is 16.5. The molecule has 1 aliphatic heterocycles. The summed E-state index contributed by atoms with van der Waals surface area (Å²) in [5.74, 6) is -0.353. The maximum absolute atomic E-state index is 12.4. The zero-order chi connectivity index (χ0) is 16.2. The first-order valence-electron chi connectivity index (χ1n) is 7.69. The normalized spacial score (nSPS) is 15.4. The van der Waals surface area contributed by atoms with Gasteiger partial charge in [0.05, 0.1) is 17.6 Å². The molecule has 0 N–H and O–H groups in total. The highest BCUT2D eigenvalue weighted by molar-refractivity contribution is 5.90. The summed E-state index contributed by atoms with van der Waals surface area (Å²) in [6.45, 7) is 3.11. The molecule has 2 aromatic rings. The Labute approximate surface area is 134 Å². The summed E-state index contributed by atoms with van der Waals surface area (Å²) >= 11 is 0. The molecular weight excluding hydrogens is 294 g/mol. The molecule has 0 radical (unpaired) electrons. The predicted molar refractivity (Wildman–Crippen MR) is 84.4 cm³/mol. The van der Waals surface area contributed by atoms with Crippen LogP contribution in [0.2, 0.25) is 0 Å². The van der Waals surface area contributed by atoms with Gasteiger partial charge in [-0.2, -0.15) is 5.10 Å². The number of likely N-dealkylation sites (tertiary alicyclic amines) is 1. The van der Waals surface area contributed by atoms with Crippen LogP contribution in [-0.4, -0.2) is 46.3 Å². The predicted octanol–water partition coefficient (Wildman–Crippen LogP) is 1.96. The van der Waals surface area contributed by atoms with Crippen molar-refractivity contribution in [3.05, 3.63) is 47.8 Å². The Balaban J connectivity index is 1.69. The molecular formula is C17H19N3O3. The lowest BCUT2D eigenvalue weighted by Crippen LogP contribution is -2.37. The van der Waals surface area contributed by atoms with Crippen LogP contribution < -0.4 is 0 Å². The van der Waals surface area contributed by atoms with Gasteiger partial charge in [0.1, 0.15) is 11.7 Å². The lowest BCUT2D eigenvalue weighted by Gasteiger charge is -2.28. The third-order valence-corrected chi connectivity index (χ3v) is 4.13. The van der Waals surface area contributed by atoms with Crippen molar-refractivity contribution in [1.82, 2.24) is 14.7 Å². The molecule has 0 saturated carbocycles. The van der Waals surface area contributed by atoms with Crippen LogP contribution in [0.15, 0.2) is 36.5 Å². The van der Waals surface area contributed by atoms with Gasteiger partial charge in [0, 0.05) is 25.9 Å². The van der Waals surface area contributed by atoms with E-state index in [9.17, 15) is 9.59 Å². The van der Waals surface area contributed by atoms with Gasteiger partial charge in [0.25, 0.3) is 0 Å². The van der Waals surface area contributed by atoms with Gasteiger partial charge < -0.3 is 9.64 Å². The molecule has 2 heterocycles. The molecule has 0 bridgehead atoms. The zero-order valence-corrected chi connectivity index (χ0v) is 13.0. The van der Waals surface area contributed by atoms with Crippen molar-refractivity contribution in [2.45, 2.75) is 25.9 Å². The molecule has 0 spiro atoms.